The van der Waals surface area contributed by atoms with E-state index < -0.39 is 74.5 Å². The van der Waals surface area contributed by atoms with Crippen molar-refractivity contribution in [3.05, 3.63) is 0 Å². The van der Waals surface area contributed by atoms with Crippen molar-refractivity contribution in [3.8, 4) is 0 Å². The molecule has 0 spiro atoms. The summed E-state index contributed by atoms with van der Waals surface area (Å²) < 4.78 is 103. The summed E-state index contributed by atoms with van der Waals surface area (Å²) in [6, 6.07) is 0. The second-order valence-electron chi connectivity index (χ2n) is 1.00. The van der Waals surface area contributed by atoms with Crippen molar-refractivity contribution in [1.82, 2.24) is 0 Å². The molecular weight excluding hydrogens is 700 g/mol. The van der Waals surface area contributed by atoms with Gasteiger partial charge in [0.25, 0.3) is 0 Å². The van der Waals surface area contributed by atoms with Crippen molar-refractivity contribution >= 4 is 94.4 Å². The van der Waals surface area contributed by atoms with Crippen LogP contribution in [0.5, 0.6) is 0 Å². The van der Waals surface area contributed by atoms with Gasteiger partial charge in [0.05, 0.1) is 0 Å². The van der Waals surface area contributed by atoms with E-state index in [4.69, 9.17) is 42.8 Å². The molecule has 0 saturated carbocycles. The van der Waals surface area contributed by atoms with E-state index in [-0.39, 0.29) is 121 Å². The summed E-state index contributed by atoms with van der Waals surface area (Å²) in [6.07, 6.45) is 0. The summed E-state index contributed by atoms with van der Waals surface area (Å²) in [5.74, 6) is 0. The van der Waals surface area contributed by atoms with Crippen molar-refractivity contribution in [2.45, 2.75) is 0 Å². The van der Waals surface area contributed by atoms with Crippen LogP contribution < -0.4 is 29.5 Å². The third-order valence-corrected chi connectivity index (χ3v) is 0. The first kappa shape index (κ1) is 44.3. The predicted octanol–water partition coefficient (Wildman–Crippen LogP) is -10.8. The molecule has 0 N–H and O–H groups in total. The Hall–Kier alpha value is 5.67. The molecule has 19 heteroatoms. The molecule has 0 aliphatic heterocycles. The standard InChI is InChI=1S/Ba.12O.Sr.4Ti.Zr/q+2;;;;;8*-1;+2;;;;;+4. The minimum absolute atomic E-state index is 0. The Bertz CT molecular complexity index is 170. The van der Waals surface area contributed by atoms with Gasteiger partial charge in [0.15, 0.2) is 0 Å². The molecule has 19 heavy (non-hydrogen) atoms. The topological polar surface area (TPSA) is 253 Å². The average molecular weight is 700 g/mol. The van der Waals surface area contributed by atoms with E-state index in [9.17, 15) is 0 Å². The molecule has 0 unspecified atom stereocenters. The van der Waals surface area contributed by atoms with Gasteiger partial charge in [0.2, 0.25) is 0 Å². The van der Waals surface area contributed by atoms with E-state index in [1.54, 1.807) is 0 Å². The normalized spacial score (nSPS) is 5.47. The Morgan fingerprint density at radius 2 is 0.474 bits per heavy atom. The van der Waals surface area contributed by atoms with Crippen molar-refractivity contribution in [1.29, 1.82) is 0 Å². The van der Waals surface area contributed by atoms with Crippen LogP contribution in [0.25, 0.3) is 0 Å². The number of hydrogen-bond acceptors (Lipinski definition) is 12. The zero-order valence-electron chi connectivity index (χ0n) is 8.81. The molecule has 12 nitrogen and oxygen atoms in total. The molecule has 0 fully saturated rings. The van der Waals surface area contributed by atoms with Crippen LogP contribution in [-0.4, -0.2) is 94.4 Å². The molecule has 0 rings (SSSR count). The van der Waals surface area contributed by atoms with Gasteiger partial charge in [-0.1, -0.05) is 0 Å². The maximum Gasteiger partial charge on any atom is 4.00 e. The molecule has 0 bridgehead atoms. The fraction of sp³-hybridized carbons (Fsp3) is 0. The van der Waals surface area contributed by atoms with E-state index >= 15 is 0 Å². The smallest absolute Gasteiger partial charge is 2.00 e. The Kier molecular flexibility index (Phi) is 90.8. The van der Waals surface area contributed by atoms with Crippen molar-refractivity contribution in [2.24, 2.45) is 0 Å². The molecule has 0 aromatic heterocycles. The average Bonchev–Trinajstić information content (AvgIpc) is 1.76. The van der Waals surface area contributed by atoms with E-state index in [1.807, 2.05) is 0 Å². The van der Waals surface area contributed by atoms with E-state index in [1.165, 1.54) is 0 Å². The third kappa shape index (κ3) is 346. The molecule has 0 saturated heterocycles. The number of rotatable bonds is 0. The van der Waals surface area contributed by atoms with Gasteiger partial charge < -0.3 is 0 Å². The van der Waals surface area contributed by atoms with Gasteiger partial charge in [-0.2, -0.15) is 0 Å². The summed E-state index contributed by atoms with van der Waals surface area (Å²) in [5.41, 5.74) is 0. The van der Waals surface area contributed by atoms with Crippen LogP contribution in [0.1, 0.15) is 0 Å². The van der Waals surface area contributed by atoms with E-state index in [2.05, 4.69) is 0 Å². The maximum absolute atomic E-state index is 8.58. The molecule has 0 amide bonds. The van der Waals surface area contributed by atoms with Crippen LogP contribution >= 0.6 is 0 Å². The Balaban J connectivity index is -0.0000000192. The molecule has 0 aliphatic rings. The molecule has 96 valence electrons. The first-order valence-electron chi connectivity index (χ1n) is 2.45. The molecule has 0 radical (unpaired) electrons. The second-order valence-corrected chi connectivity index (χ2v) is 4.12. The number of hydrogen-bond donors (Lipinski definition) is 0. The van der Waals surface area contributed by atoms with Gasteiger partial charge >= 0.3 is 238 Å². The zero-order chi connectivity index (χ0) is 14.3. The zero-order valence-corrected chi connectivity index (χ0v) is 25.4. The minimum atomic E-state index is -4.08. The van der Waals surface area contributed by atoms with Crippen LogP contribution in [0.3, 0.4) is 0 Å². The summed E-state index contributed by atoms with van der Waals surface area (Å²) in [5, 5.41) is 0. The largest absolute Gasteiger partial charge is 4.00 e. The quantitative estimate of drug-likeness (QED) is 0.214. The monoisotopic (exact) mass is 699 g/mol. The minimum Gasteiger partial charge on any atom is 2.00 e. The van der Waals surface area contributed by atoms with Gasteiger partial charge in [-0.15, -0.1) is 0 Å². The third-order valence-electron chi connectivity index (χ3n) is 0. The van der Waals surface area contributed by atoms with E-state index in [0.717, 1.165) is 0 Å². The fourth-order valence-corrected chi connectivity index (χ4v) is 0. The molecule has 0 atom stereocenters. The second kappa shape index (κ2) is 39.0. The SMILES string of the molecule is [Ba+2].[O]=[Ti]([O-])[O-].[O]=[Ti]([O-])[O-].[O]=[Ti]([O-])[O-].[O]=[Ti]([O-])[O-].[Sr+2].[Zr+4]. The van der Waals surface area contributed by atoms with Crippen LogP contribution in [0.2, 0.25) is 0 Å². The molecule has 0 aromatic carbocycles. The van der Waals surface area contributed by atoms with Crippen LogP contribution in [0, 0.1) is 0 Å². The van der Waals surface area contributed by atoms with E-state index in [0.29, 0.717) is 0 Å². The summed E-state index contributed by atoms with van der Waals surface area (Å²) in [4.78, 5) is 0. The molecule has 0 heterocycles. The summed E-state index contributed by atoms with van der Waals surface area (Å²) in [6.45, 7) is 0. The first-order chi connectivity index (χ1) is 6.93. The summed E-state index contributed by atoms with van der Waals surface area (Å²) >= 11 is -16.3. The van der Waals surface area contributed by atoms with Gasteiger partial charge in [0.1, 0.15) is 0 Å². The first-order valence-corrected chi connectivity index (χ1v) is 10.1. The summed E-state index contributed by atoms with van der Waals surface area (Å²) in [7, 11) is 0. The van der Waals surface area contributed by atoms with Crippen LogP contribution in [0.4, 0.5) is 0 Å². The van der Waals surface area contributed by atoms with Gasteiger partial charge in [0, 0.05) is 0 Å². The van der Waals surface area contributed by atoms with Crippen molar-refractivity contribution in [2.75, 3.05) is 0 Å². The predicted molar refractivity (Wildman–Crippen MR) is 14.3 cm³/mol. The Labute approximate surface area is 231 Å². The fourth-order valence-electron chi connectivity index (χ4n) is 0. The van der Waals surface area contributed by atoms with Crippen molar-refractivity contribution in [3.63, 3.8) is 0 Å². The molecule has 0 aliphatic carbocycles. The maximum atomic E-state index is 8.58. The van der Waals surface area contributed by atoms with Crippen LogP contribution in [-0.2, 0) is 114 Å². The van der Waals surface area contributed by atoms with Crippen LogP contribution in [0.15, 0.2) is 0 Å². The molecular formula is BaO12SrTi4Zr. The van der Waals surface area contributed by atoms with Gasteiger partial charge in [-0.3, -0.25) is 0 Å². The Morgan fingerprint density at radius 3 is 0.474 bits per heavy atom. The van der Waals surface area contributed by atoms with Gasteiger partial charge in [-0.05, 0) is 0 Å². The van der Waals surface area contributed by atoms with Gasteiger partial charge in [-0.25, -0.2) is 0 Å². The Morgan fingerprint density at radius 1 is 0.474 bits per heavy atom. The molecule has 0 aromatic rings. The van der Waals surface area contributed by atoms with Crippen molar-refractivity contribution < 1.29 is 143 Å².